The Morgan fingerprint density at radius 3 is 2.36 bits per heavy atom. The lowest BCUT2D eigenvalue weighted by Crippen LogP contribution is -2.50. The summed E-state index contributed by atoms with van der Waals surface area (Å²) >= 11 is 0. The van der Waals surface area contributed by atoms with Gasteiger partial charge in [-0.15, -0.1) is 10.2 Å². The van der Waals surface area contributed by atoms with Crippen molar-refractivity contribution in [1.82, 2.24) is 25.5 Å². The molecule has 1 atom stereocenters. The third kappa shape index (κ3) is 5.70. The Morgan fingerprint density at radius 1 is 1.03 bits per heavy atom. The minimum absolute atomic E-state index is 0.250. The minimum atomic E-state index is -1.05. The van der Waals surface area contributed by atoms with Gasteiger partial charge in [0.15, 0.2) is 11.8 Å². The van der Waals surface area contributed by atoms with Crippen LogP contribution in [0.4, 0.5) is 5.69 Å². The van der Waals surface area contributed by atoms with E-state index in [1.165, 1.54) is 9.70 Å². The topological polar surface area (TPSA) is 119 Å². The smallest absolute Gasteiger partial charge is 0.251 e. The molecule has 0 fully saturated rings. The molecule has 0 unspecified atom stereocenters. The second-order valence-electron chi connectivity index (χ2n) is 9.75. The second-order valence-corrected chi connectivity index (χ2v) is 9.75. The fraction of sp³-hybridized carbons (Fsp3) is 0.346. The molecule has 3 aromatic heterocycles. The molecule has 188 valence electrons. The fourth-order valence-corrected chi connectivity index (χ4v) is 3.79. The molecule has 0 bridgehead atoms. The number of amides is 2. The Kier molecular flexibility index (Phi) is 6.78. The number of anilines is 1. The van der Waals surface area contributed by atoms with Gasteiger partial charge in [0.25, 0.3) is 11.8 Å². The highest BCUT2D eigenvalue weighted by molar-refractivity contribution is 6.01. The molecular formula is C26H30N6O4. The van der Waals surface area contributed by atoms with Crippen LogP contribution in [0.2, 0.25) is 0 Å². The van der Waals surface area contributed by atoms with Gasteiger partial charge in [-0.25, -0.2) is 0 Å². The average Bonchev–Trinajstić information content (AvgIpc) is 3.52. The zero-order chi connectivity index (χ0) is 26.0. The van der Waals surface area contributed by atoms with E-state index in [1.54, 1.807) is 37.3 Å². The number of furan rings is 2. The second kappa shape index (κ2) is 9.80. The number of aryl methyl sites for hydroxylation is 3. The molecule has 0 aliphatic heterocycles. The molecule has 0 radical (unpaired) electrons. The molecule has 0 saturated carbocycles. The number of nitrogens with zero attached hydrogens (tertiary/aromatic N) is 5. The molecular weight excluding hydrogens is 460 g/mol. The van der Waals surface area contributed by atoms with Gasteiger partial charge in [-0.05, 0) is 88.7 Å². The Morgan fingerprint density at radius 2 is 1.75 bits per heavy atom. The van der Waals surface area contributed by atoms with E-state index in [9.17, 15) is 9.59 Å². The first kappa shape index (κ1) is 24.9. The van der Waals surface area contributed by atoms with Gasteiger partial charge in [0.1, 0.15) is 23.8 Å². The van der Waals surface area contributed by atoms with Crippen molar-refractivity contribution >= 4 is 17.5 Å². The van der Waals surface area contributed by atoms with Crippen molar-refractivity contribution in [2.24, 2.45) is 0 Å². The molecule has 36 heavy (non-hydrogen) atoms. The lowest BCUT2D eigenvalue weighted by atomic mass is 10.1. The fourth-order valence-electron chi connectivity index (χ4n) is 3.79. The largest absolute Gasteiger partial charge is 0.464 e. The van der Waals surface area contributed by atoms with Crippen molar-refractivity contribution in [3.8, 4) is 11.6 Å². The first-order valence-corrected chi connectivity index (χ1v) is 11.6. The summed E-state index contributed by atoms with van der Waals surface area (Å²) in [5.74, 6) is 1.63. The van der Waals surface area contributed by atoms with Crippen molar-refractivity contribution in [2.45, 2.75) is 59.7 Å². The molecule has 1 aromatic carbocycles. The molecule has 10 nitrogen and oxygen atoms in total. The van der Waals surface area contributed by atoms with Crippen LogP contribution in [0.15, 0.2) is 57.4 Å². The quantitative estimate of drug-likeness (QED) is 0.413. The van der Waals surface area contributed by atoms with Gasteiger partial charge in [-0.2, -0.15) is 4.80 Å². The van der Waals surface area contributed by atoms with Gasteiger partial charge >= 0.3 is 0 Å². The van der Waals surface area contributed by atoms with E-state index in [0.29, 0.717) is 28.7 Å². The first-order chi connectivity index (χ1) is 17.0. The molecule has 0 aliphatic rings. The summed E-state index contributed by atoms with van der Waals surface area (Å²) in [6.07, 6.45) is 0. The number of aromatic nitrogens is 4. The normalized spacial score (nSPS) is 12.4. The number of hydrogen-bond donors (Lipinski definition) is 1. The number of tetrazole rings is 1. The summed E-state index contributed by atoms with van der Waals surface area (Å²) < 4.78 is 11.4. The number of rotatable bonds is 7. The highest BCUT2D eigenvalue weighted by Gasteiger charge is 2.37. The van der Waals surface area contributed by atoms with Crippen LogP contribution in [0.1, 0.15) is 49.7 Å². The number of carbonyl (C=O) groups is 2. The maximum Gasteiger partial charge on any atom is 0.251 e. The Hall–Kier alpha value is -4.21. The monoisotopic (exact) mass is 490 g/mol. The minimum Gasteiger partial charge on any atom is -0.464 e. The predicted molar refractivity (Wildman–Crippen MR) is 133 cm³/mol. The van der Waals surface area contributed by atoms with Gasteiger partial charge in [-0.1, -0.05) is 12.1 Å². The van der Waals surface area contributed by atoms with E-state index in [-0.39, 0.29) is 18.3 Å². The van der Waals surface area contributed by atoms with Gasteiger partial charge in [0.2, 0.25) is 5.82 Å². The number of carbonyl (C=O) groups excluding carboxylic acids is 2. The van der Waals surface area contributed by atoms with E-state index in [4.69, 9.17) is 8.83 Å². The SMILES string of the molecule is Cc1cccc(N(C(=O)Cn2nnc(-c3ccc(C)o3)n2)[C@H](C(=O)NC(C)(C)C)c2ccc(C)o2)c1. The van der Waals surface area contributed by atoms with Crippen LogP contribution in [0, 0.1) is 20.8 Å². The maximum atomic E-state index is 13.8. The van der Waals surface area contributed by atoms with Crippen molar-refractivity contribution in [2.75, 3.05) is 4.90 Å². The Labute approximate surface area is 209 Å². The van der Waals surface area contributed by atoms with E-state index >= 15 is 0 Å². The van der Waals surface area contributed by atoms with Crippen LogP contribution in [0.5, 0.6) is 0 Å². The van der Waals surface area contributed by atoms with Crippen LogP contribution in [0.25, 0.3) is 11.6 Å². The van der Waals surface area contributed by atoms with Crippen LogP contribution in [0.3, 0.4) is 0 Å². The Balaban J connectivity index is 1.73. The summed E-state index contributed by atoms with van der Waals surface area (Å²) in [4.78, 5) is 30.0. The van der Waals surface area contributed by atoms with Crippen LogP contribution in [-0.2, 0) is 16.1 Å². The molecule has 2 amide bonds. The Bertz CT molecular complexity index is 1380. The van der Waals surface area contributed by atoms with Crippen molar-refractivity contribution in [3.63, 3.8) is 0 Å². The van der Waals surface area contributed by atoms with Crippen molar-refractivity contribution in [1.29, 1.82) is 0 Å². The first-order valence-electron chi connectivity index (χ1n) is 11.6. The number of hydrogen-bond acceptors (Lipinski definition) is 7. The summed E-state index contributed by atoms with van der Waals surface area (Å²) in [5, 5.41) is 15.3. The molecule has 10 heteroatoms. The summed E-state index contributed by atoms with van der Waals surface area (Å²) in [7, 11) is 0. The molecule has 0 saturated heterocycles. The van der Waals surface area contributed by atoms with E-state index in [1.807, 2.05) is 52.8 Å². The third-order valence-electron chi connectivity index (χ3n) is 5.27. The maximum absolute atomic E-state index is 13.8. The lowest BCUT2D eigenvalue weighted by Gasteiger charge is -2.32. The van der Waals surface area contributed by atoms with E-state index in [0.717, 1.165) is 5.56 Å². The van der Waals surface area contributed by atoms with E-state index in [2.05, 4.69) is 20.7 Å². The predicted octanol–water partition coefficient (Wildman–Crippen LogP) is 4.14. The number of nitrogens with one attached hydrogen (secondary N) is 1. The standard InChI is InChI=1S/C26H30N6O4/c1-16-8-7-9-19(14-16)32(23(20-12-10-17(2)35-20)25(34)27-26(4,5)6)22(33)15-31-29-24(28-30-31)21-13-11-18(3)36-21/h7-14,23H,15H2,1-6H3,(H,27,34)/t23-/m0/s1. The summed E-state index contributed by atoms with van der Waals surface area (Å²) in [6.45, 7) is 10.9. The van der Waals surface area contributed by atoms with Crippen LogP contribution in [-0.4, -0.2) is 37.6 Å². The van der Waals surface area contributed by atoms with Gasteiger partial charge in [-0.3, -0.25) is 14.5 Å². The number of benzene rings is 1. The molecule has 0 aliphatic carbocycles. The highest BCUT2D eigenvalue weighted by atomic mass is 16.3. The van der Waals surface area contributed by atoms with Gasteiger partial charge < -0.3 is 14.2 Å². The molecule has 0 spiro atoms. The van der Waals surface area contributed by atoms with E-state index < -0.39 is 17.5 Å². The summed E-state index contributed by atoms with van der Waals surface area (Å²) in [5.41, 5.74) is 0.956. The lowest BCUT2D eigenvalue weighted by molar-refractivity contribution is -0.128. The molecule has 4 rings (SSSR count). The molecule has 1 N–H and O–H groups in total. The highest BCUT2D eigenvalue weighted by Crippen LogP contribution is 2.31. The van der Waals surface area contributed by atoms with Crippen molar-refractivity contribution in [3.05, 3.63) is 71.4 Å². The molecule has 4 aromatic rings. The zero-order valence-corrected chi connectivity index (χ0v) is 21.3. The van der Waals surface area contributed by atoms with Gasteiger partial charge in [0.05, 0.1) is 0 Å². The van der Waals surface area contributed by atoms with Crippen molar-refractivity contribution < 1.29 is 18.4 Å². The van der Waals surface area contributed by atoms with Crippen LogP contribution >= 0.6 is 0 Å². The van der Waals surface area contributed by atoms with Crippen LogP contribution < -0.4 is 10.2 Å². The third-order valence-corrected chi connectivity index (χ3v) is 5.27. The average molecular weight is 491 g/mol. The zero-order valence-electron chi connectivity index (χ0n) is 21.3. The molecule has 3 heterocycles. The summed E-state index contributed by atoms with van der Waals surface area (Å²) in [6, 6.07) is 13.3. The van der Waals surface area contributed by atoms with Gasteiger partial charge in [0, 0.05) is 11.2 Å².